The van der Waals surface area contributed by atoms with Crippen molar-refractivity contribution in [1.82, 2.24) is 19.6 Å². The first-order chi connectivity index (χ1) is 18.4. The minimum absolute atomic E-state index is 0.0462. The van der Waals surface area contributed by atoms with Crippen molar-refractivity contribution in [1.29, 1.82) is 0 Å². The average Bonchev–Trinajstić information content (AvgIpc) is 3.38. The fraction of sp³-hybridized carbons (Fsp3) is 0.692. The van der Waals surface area contributed by atoms with Crippen LogP contribution in [-0.2, 0) is 28.8 Å². The summed E-state index contributed by atoms with van der Waals surface area (Å²) >= 11 is 3.53. The number of amides is 6. The van der Waals surface area contributed by atoms with Crippen molar-refractivity contribution in [2.45, 2.75) is 65.0 Å². The summed E-state index contributed by atoms with van der Waals surface area (Å²) < 4.78 is 0. The fourth-order valence-corrected chi connectivity index (χ4v) is 4.24. The monoisotopic (exact) mass is 572 g/mol. The topological polar surface area (TPSA) is 156 Å². The molecule has 1 saturated heterocycles. The van der Waals surface area contributed by atoms with E-state index < -0.39 is 23.9 Å². The Morgan fingerprint density at radius 3 is 1.56 bits per heavy atom. The molecule has 222 valence electrons. The van der Waals surface area contributed by atoms with Crippen molar-refractivity contribution in [3.8, 4) is 0 Å². The molecule has 0 saturated carbocycles. The molecule has 12 nitrogen and oxygen atoms in total. The highest BCUT2D eigenvalue weighted by atomic mass is 32.1. The molecule has 0 spiro atoms. The van der Waals surface area contributed by atoms with E-state index in [1.54, 1.807) is 41.1 Å². The van der Waals surface area contributed by atoms with Crippen LogP contribution in [0.3, 0.4) is 0 Å². The summed E-state index contributed by atoms with van der Waals surface area (Å²) in [6, 6.07) is -0.916. The van der Waals surface area contributed by atoms with Crippen LogP contribution in [-0.4, -0.2) is 124 Å². The summed E-state index contributed by atoms with van der Waals surface area (Å²) in [5.74, 6) is -1.62. The molecule has 0 bridgehead atoms. The molecular formula is C26H44N4O8S. The van der Waals surface area contributed by atoms with E-state index in [2.05, 4.69) is 12.6 Å². The van der Waals surface area contributed by atoms with Crippen molar-refractivity contribution >= 4 is 48.1 Å². The van der Waals surface area contributed by atoms with Crippen molar-refractivity contribution in [3.63, 3.8) is 0 Å². The molecule has 2 rings (SSSR count). The van der Waals surface area contributed by atoms with Crippen molar-refractivity contribution in [2.24, 2.45) is 5.92 Å². The van der Waals surface area contributed by atoms with Crippen molar-refractivity contribution in [2.75, 3.05) is 46.7 Å². The molecule has 2 aliphatic heterocycles. The minimum Gasteiger partial charge on any atom is -0.396 e. The number of imide groups is 2. The maximum Gasteiger partial charge on any atom is 0.253 e. The van der Waals surface area contributed by atoms with Crippen molar-refractivity contribution in [3.05, 3.63) is 12.2 Å². The molecule has 6 amide bonds. The molecule has 0 radical (unpaired) electrons. The van der Waals surface area contributed by atoms with Gasteiger partial charge in [0, 0.05) is 77.7 Å². The van der Waals surface area contributed by atoms with E-state index in [0.717, 1.165) is 4.90 Å². The Hall–Kier alpha value is -2.77. The predicted octanol–water partition coefficient (Wildman–Crippen LogP) is 0.0776. The number of carbonyl (C=O) groups is 6. The third-order valence-corrected chi connectivity index (χ3v) is 6.33. The summed E-state index contributed by atoms with van der Waals surface area (Å²) in [4.78, 5) is 75.3. The number of likely N-dealkylation sites (N-methyl/N-ethyl adjacent to an activating group) is 2. The van der Waals surface area contributed by atoms with Gasteiger partial charge in [-0.3, -0.25) is 38.6 Å². The number of aliphatic hydroxyl groups excluding tert-OH is 2. The summed E-state index contributed by atoms with van der Waals surface area (Å²) in [6.45, 7) is 5.48. The molecule has 2 heterocycles. The van der Waals surface area contributed by atoms with E-state index in [9.17, 15) is 28.8 Å². The SMILES string of the molecule is CCC(=O)N(C)CC(CCO)N1C(=O)C=CC1=O.CCC(=O)N(C)CC(CCO)N1C(=O)CC(C)C1=O.CS. The number of thiol groups is 1. The number of carbonyl (C=O) groups excluding carboxylic acids is 6. The van der Waals surface area contributed by atoms with Gasteiger partial charge in [0.2, 0.25) is 23.6 Å². The number of rotatable bonds is 12. The zero-order chi connectivity index (χ0) is 30.3. The maximum atomic E-state index is 12.0. The Kier molecular flexibility index (Phi) is 17.2. The molecule has 13 heteroatoms. The number of aliphatic hydroxyl groups is 2. The summed E-state index contributed by atoms with van der Waals surface area (Å²) in [6.07, 6.45) is 5.62. The van der Waals surface area contributed by atoms with Gasteiger partial charge in [0.1, 0.15) is 0 Å². The molecule has 2 aliphatic rings. The van der Waals surface area contributed by atoms with Crippen LogP contribution in [0.4, 0.5) is 0 Å². The molecular weight excluding hydrogens is 528 g/mol. The Labute approximate surface area is 236 Å². The molecule has 2 N–H and O–H groups in total. The van der Waals surface area contributed by atoms with Gasteiger partial charge < -0.3 is 20.0 Å². The smallest absolute Gasteiger partial charge is 0.253 e. The minimum atomic E-state index is -0.481. The standard InChI is InChI=1S/C13H22N2O4.C12H18N2O4.CH4S/c1-4-11(17)14(3)8-10(5-6-16)15-12(18)7-9(2)13(15)19;1-3-10(16)13(2)8-9(6-7-15)14-11(17)4-5-12(14)18;1-2/h9-10,16H,4-8H2,1-3H3;4-5,9,15H,3,6-8H2,1-2H3;2H,1H3. The number of nitrogens with zero attached hydrogens (tertiary/aromatic N) is 4. The molecule has 39 heavy (non-hydrogen) atoms. The first-order valence-corrected chi connectivity index (χ1v) is 13.9. The van der Waals surface area contributed by atoms with Gasteiger partial charge >= 0.3 is 0 Å². The quantitative estimate of drug-likeness (QED) is 0.219. The number of hydrogen-bond acceptors (Lipinski definition) is 9. The lowest BCUT2D eigenvalue weighted by atomic mass is 10.1. The van der Waals surface area contributed by atoms with Crippen LogP contribution >= 0.6 is 12.6 Å². The average molecular weight is 573 g/mol. The predicted molar refractivity (Wildman–Crippen MR) is 148 cm³/mol. The molecule has 3 unspecified atom stereocenters. The highest BCUT2D eigenvalue weighted by Crippen LogP contribution is 2.23. The first-order valence-electron chi connectivity index (χ1n) is 13.0. The normalized spacial score (nSPS) is 17.8. The van der Waals surface area contributed by atoms with Gasteiger partial charge in [-0.15, -0.1) is 0 Å². The van der Waals surface area contributed by atoms with Crippen LogP contribution in [0, 0.1) is 5.92 Å². The van der Waals surface area contributed by atoms with Gasteiger partial charge in [-0.1, -0.05) is 20.8 Å². The second kappa shape index (κ2) is 18.5. The van der Waals surface area contributed by atoms with Gasteiger partial charge in [0.15, 0.2) is 0 Å². The second-order valence-corrected chi connectivity index (χ2v) is 9.17. The van der Waals surface area contributed by atoms with Gasteiger partial charge in [-0.05, 0) is 19.1 Å². The van der Waals surface area contributed by atoms with Crippen LogP contribution in [0.15, 0.2) is 12.2 Å². The van der Waals surface area contributed by atoms with Crippen molar-refractivity contribution < 1.29 is 39.0 Å². The first kappa shape index (κ1) is 36.2. The molecule has 0 aromatic carbocycles. The number of likely N-dealkylation sites (tertiary alicyclic amines) is 1. The Balaban J connectivity index is 0.000000697. The maximum absolute atomic E-state index is 12.0. The Bertz CT molecular complexity index is 879. The van der Waals surface area contributed by atoms with Gasteiger partial charge in [0.05, 0.1) is 12.1 Å². The van der Waals surface area contributed by atoms with Crippen LogP contribution in [0.1, 0.15) is 52.9 Å². The van der Waals surface area contributed by atoms with E-state index in [1.165, 1.54) is 26.9 Å². The highest BCUT2D eigenvalue weighted by molar-refractivity contribution is 7.79. The third-order valence-electron chi connectivity index (χ3n) is 6.33. The third kappa shape index (κ3) is 10.7. The van der Waals surface area contributed by atoms with E-state index in [-0.39, 0.29) is 68.7 Å². The second-order valence-electron chi connectivity index (χ2n) is 9.17. The van der Waals surface area contributed by atoms with Gasteiger partial charge in [0.25, 0.3) is 11.8 Å². The zero-order valence-corrected chi connectivity index (χ0v) is 24.7. The summed E-state index contributed by atoms with van der Waals surface area (Å²) in [7, 11) is 3.26. The Morgan fingerprint density at radius 2 is 1.26 bits per heavy atom. The van der Waals surface area contributed by atoms with E-state index in [4.69, 9.17) is 10.2 Å². The largest absolute Gasteiger partial charge is 0.396 e. The highest BCUT2D eigenvalue weighted by Gasteiger charge is 2.40. The van der Waals surface area contributed by atoms with Crippen LogP contribution in [0.2, 0.25) is 0 Å². The van der Waals surface area contributed by atoms with Crippen LogP contribution in [0.5, 0.6) is 0 Å². The Morgan fingerprint density at radius 1 is 0.872 bits per heavy atom. The molecule has 0 aliphatic carbocycles. The van der Waals surface area contributed by atoms with E-state index >= 15 is 0 Å². The van der Waals surface area contributed by atoms with Crippen LogP contribution < -0.4 is 0 Å². The summed E-state index contributed by atoms with van der Waals surface area (Å²) in [5, 5.41) is 18.1. The number of hydrogen-bond donors (Lipinski definition) is 3. The lowest BCUT2D eigenvalue weighted by Gasteiger charge is -2.30. The lowest BCUT2D eigenvalue weighted by Crippen LogP contribution is -2.47. The summed E-state index contributed by atoms with van der Waals surface area (Å²) in [5.41, 5.74) is 0. The fourth-order valence-electron chi connectivity index (χ4n) is 4.24. The van der Waals surface area contributed by atoms with Gasteiger partial charge in [-0.2, -0.15) is 12.6 Å². The molecule has 3 atom stereocenters. The zero-order valence-electron chi connectivity index (χ0n) is 23.8. The van der Waals surface area contributed by atoms with E-state index in [1.807, 2.05) is 0 Å². The molecule has 1 fully saturated rings. The van der Waals surface area contributed by atoms with E-state index in [0.29, 0.717) is 19.3 Å². The molecule has 0 aromatic rings. The van der Waals surface area contributed by atoms with Gasteiger partial charge in [-0.25, -0.2) is 0 Å². The lowest BCUT2D eigenvalue weighted by molar-refractivity contribution is -0.144. The van der Waals surface area contributed by atoms with Crippen LogP contribution in [0.25, 0.3) is 0 Å². The molecule has 0 aromatic heterocycles.